The van der Waals surface area contributed by atoms with Crippen molar-refractivity contribution in [1.29, 1.82) is 0 Å². The van der Waals surface area contributed by atoms with Gasteiger partial charge in [0.1, 0.15) is 0 Å². The molecule has 6 nitrogen and oxygen atoms in total. The molecule has 1 saturated heterocycles. The first-order valence-electron chi connectivity index (χ1n) is 7.04. The summed E-state index contributed by atoms with van der Waals surface area (Å²) in [6.45, 7) is 1.45. The van der Waals surface area contributed by atoms with Crippen LogP contribution >= 0.6 is 11.6 Å². The Balaban J connectivity index is 1.65. The fraction of sp³-hybridized carbons (Fsp3) is 0.357. The monoisotopic (exact) mass is 340 g/mol. The fourth-order valence-electron chi connectivity index (χ4n) is 2.38. The van der Waals surface area contributed by atoms with Crippen LogP contribution in [0.4, 0.5) is 0 Å². The molecule has 2 heterocycles. The van der Waals surface area contributed by atoms with Gasteiger partial charge in [0.05, 0.1) is 23.2 Å². The summed E-state index contributed by atoms with van der Waals surface area (Å²) in [5.74, 6) is 0. The van der Waals surface area contributed by atoms with Crippen LogP contribution in [0.3, 0.4) is 0 Å². The SMILES string of the molecule is O=S(=O)(NCc1ccn(-c2ccc(Cl)cc2)n1)C1CCNC1. The van der Waals surface area contributed by atoms with Crippen LogP contribution in [0, 0.1) is 0 Å². The highest BCUT2D eigenvalue weighted by Crippen LogP contribution is 2.13. The molecule has 2 N–H and O–H groups in total. The van der Waals surface area contributed by atoms with Gasteiger partial charge >= 0.3 is 0 Å². The van der Waals surface area contributed by atoms with E-state index in [0.717, 1.165) is 12.2 Å². The maximum atomic E-state index is 12.1. The molecule has 1 atom stereocenters. The van der Waals surface area contributed by atoms with Crippen molar-refractivity contribution < 1.29 is 8.42 Å². The lowest BCUT2D eigenvalue weighted by Gasteiger charge is -2.10. The van der Waals surface area contributed by atoms with Crippen LogP contribution in [0.25, 0.3) is 5.69 Å². The first-order chi connectivity index (χ1) is 10.5. The van der Waals surface area contributed by atoms with Gasteiger partial charge in [-0.1, -0.05) is 11.6 Å². The Morgan fingerprint density at radius 2 is 2.09 bits per heavy atom. The second kappa shape index (κ2) is 6.37. The van der Waals surface area contributed by atoms with E-state index in [2.05, 4.69) is 15.1 Å². The maximum Gasteiger partial charge on any atom is 0.216 e. The summed E-state index contributed by atoms with van der Waals surface area (Å²) in [6, 6.07) is 9.08. The van der Waals surface area contributed by atoms with Crippen molar-refractivity contribution in [2.24, 2.45) is 0 Å². The molecule has 0 radical (unpaired) electrons. The van der Waals surface area contributed by atoms with Crippen molar-refractivity contribution in [3.63, 3.8) is 0 Å². The van der Waals surface area contributed by atoms with E-state index >= 15 is 0 Å². The zero-order chi connectivity index (χ0) is 15.6. The number of hydrogen-bond acceptors (Lipinski definition) is 4. The normalized spacial score (nSPS) is 18.7. The summed E-state index contributed by atoms with van der Waals surface area (Å²) in [4.78, 5) is 0. The third-order valence-electron chi connectivity index (χ3n) is 3.64. The molecule has 2 aromatic rings. The second-order valence-corrected chi connectivity index (χ2v) is 7.69. The van der Waals surface area contributed by atoms with Crippen molar-refractivity contribution in [1.82, 2.24) is 19.8 Å². The number of halogens is 1. The quantitative estimate of drug-likeness (QED) is 0.860. The lowest BCUT2D eigenvalue weighted by atomic mass is 10.3. The zero-order valence-electron chi connectivity index (χ0n) is 11.9. The minimum atomic E-state index is -3.30. The van der Waals surface area contributed by atoms with Crippen molar-refractivity contribution in [2.45, 2.75) is 18.2 Å². The Bertz CT molecular complexity index is 736. The Morgan fingerprint density at radius 1 is 1.32 bits per heavy atom. The fourth-order valence-corrected chi connectivity index (χ4v) is 3.86. The predicted molar refractivity (Wildman–Crippen MR) is 85.6 cm³/mol. The molecule has 1 aliphatic heterocycles. The van der Waals surface area contributed by atoms with E-state index in [1.807, 2.05) is 12.1 Å². The lowest BCUT2D eigenvalue weighted by molar-refractivity contribution is 0.566. The molecule has 1 aromatic carbocycles. The number of nitrogens with one attached hydrogen (secondary N) is 2. The predicted octanol–water partition coefficient (Wildman–Crippen LogP) is 1.31. The van der Waals surface area contributed by atoms with Crippen molar-refractivity contribution >= 4 is 21.6 Å². The maximum absolute atomic E-state index is 12.1. The van der Waals surface area contributed by atoms with Gasteiger partial charge in [-0.3, -0.25) is 0 Å². The lowest BCUT2D eigenvalue weighted by Crippen LogP contribution is -2.35. The van der Waals surface area contributed by atoms with E-state index in [0.29, 0.717) is 23.7 Å². The van der Waals surface area contributed by atoms with E-state index in [-0.39, 0.29) is 11.8 Å². The van der Waals surface area contributed by atoms with E-state index in [4.69, 9.17) is 11.6 Å². The molecule has 8 heteroatoms. The average Bonchev–Trinajstić information content (AvgIpc) is 3.18. The van der Waals surface area contributed by atoms with Gasteiger partial charge in [0.25, 0.3) is 0 Å². The Labute approximate surface area is 134 Å². The number of aromatic nitrogens is 2. The summed E-state index contributed by atoms with van der Waals surface area (Å²) in [7, 11) is -3.30. The first kappa shape index (κ1) is 15.5. The van der Waals surface area contributed by atoms with Crippen LogP contribution < -0.4 is 10.0 Å². The number of benzene rings is 1. The van der Waals surface area contributed by atoms with Crippen LogP contribution in [0.5, 0.6) is 0 Å². The minimum absolute atomic E-state index is 0.194. The van der Waals surface area contributed by atoms with Gasteiger partial charge in [-0.25, -0.2) is 17.8 Å². The molecular formula is C14H17ClN4O2S. The van der Waals surface area contributed by atoms with Gasteiger partial charge in [-0.05, 0) is 43.3 Å². The van der Waals surface area contributed by atoms with Crippen LogP contribution in [0.15, 0.2) is 36.5 Å². The Kier molecular flexibility index (Phi) is 4.49. The Hall–Kier alpha value is -1.41. The standard InChI is InChI=1S/C14H17ClN4O2S/c15-11-1-3-13(4-2-11)19-8-6-12(18-19)9-17-22(20,21)14-5-7-16-10-14/h1-4,6,8,14,16-17H,5,7,9-10H2. The van der Waals surface area contributed by atoms with E-state index in [1.54, 1.807) is 29.1 Å². The summed E-state index contributed by atoms with van der Waals surface area (Å²) in [5.41, 5.74) is 1.54. The Morgan fingerprint density at radius 3 is 2.77 bits per heavy atom. The van der Waals surface area contributed by atoms with Crippen molar-refractivity contribution in [2.75, 3.05) is 13.1 Å². The van der Waals surface area contributed by atoms with E-state index in [9.17, 15) is 8.42 Å². The number of nitrogens with zero attached hydrogens (tertiary/aromatic N) is 2. The van der Waals surface area contributed by atoms with Crippen molar-refractivity contribution in [3.05, 3.63) is 47.2 Å². The molecule has 22 heavy (non-hydrogen) atoms. The third kappa shape index (κ3) is 3.49. The van der Waals surface area contributed by atoms with Gasteiger partial charge in [0, 0.05) is 17.8 Å². The highest BCUT2D eigenvalue weighted by Gasteiger charge is 2.28. The summed E-state index contributed by atoms with van der Waals surface area (Å²) in [5, 5.41) is 7.73. The molecule has 3 rings (SSSR count). The largest absolute Gasteiger partial charge is 0.315 e. The van der Waals surface area contributed by atoms with Gasteiger partial charge in [-0.2, -0.15) is 5.10 Å². The smallest absolute Gasteiger partial charge is 0.216 e. The van der Waals surface area contributed by atoms with Gasteiger partial charge in [-0.15, -0.1) is 0 Å². The number of hydrogen-bond donors (Lipinski definition) is 2. The topological polar surface area (TPSA) is 76.0 Å². The molecule has 0 amide bonds. The number of rotatable bonds is 5. The van der Waals surface area contributed by atoms with Crippen LogP contribution in [-0.4, -0.2) is 36.5 Å². The molecule has 1 fully saturated rings. The molecule has 0 bridgehead atoms. The van der Waals surface area contributed by atoms with Gasteiger partial charge < -0.3 is 5.32 Å². The second-order valence-electron chi connectivity index (χ2n) is 5.21. The molecular weight excluding hydrogens is 324 g/mol. The molecule has 1 aliphatic rings. The number of sulfonamides is 1. The zero-order valence-corrected chi connectivity index (χ0v) is 13.4. The van der Waals surface area contributed by atoms with E-state index < -0.39 is 10.0 Å². The highest BCUT2D eigenvalue weighted by molar-refractivity contribution is 7.90. The molecule has 118 valence electrons. The molecule has 0 aliphatic carbocycles. The average molecular weight is 341 g/mol. The minimum Gasteiger partial charge on any atom is -0.315 e. The summed E-state index contributed by atoms with van der Waals surface area (Å²) >= 11 is 5.85. The highest BCUT2D eigenvalue weighted by atomic mass is 35.5. The van der Waals surface area contributed by atoms with Gasteiger partial charge in [0.15, 0.2) is 0 Å². The molecule has 1 unspecified atom stereocenters. The van der Waals surface area contributed by atoms with Crippen LogP contribution in [0.1, 0.15) is 12.1 Å². The summed E-state index contributed by atoms with van der Waals surface area (Å²) in [6.07, 6.45) is 2.44. The first-order valence-corrected chi connectivity index (χ1v) is 8.97. The molecule has 1 aromatic heterocycles. The van der Waals surface area contributed by atoms with Gasteiger partial charge in [0.2, 0.25) is 10.0 Å². The van der Waals surface area contributed by atoms with Crippen LogP contribution in [-0.2, 0) is 16.6 Å². The van der Waals surface area contributed by atoms with Crippen molar-refractivity contribution in [3.8, 4) is 5.69 Å². The molecule has 0 saturated carbocycles. The molecule has 0 spiro atoms. The summed E-state index contributed by atoms with van der Waals surface area (Å²) < 4.78 is 28.6. The third-order valence-corrected chi connectivity index (χ3v) is 5.72. The van der Waals surface area contributed by atoms with E-state index in [1.165, 1.54) is 0 Å². The van der Waals surface area contributed by atoms with Crippen LogP contribution in [0.2, 0.25) is 5.02 Å².